The molecule has 1 amide bonds. The smallest absolute Gasteiger partial charge is 0.242 e. The van der Waals surface area contributed by atoms with Crippen LogP contribution in [0.5, 0.6) is 5.88 Å². The van der Waals surface area contributed by atoms with Crippen LogP contribution >= 0.6 is 0 Å². The predicted molar refractivity (Wildman–Crippen MR) is 116 cm³/mol. The zero-order chi connectivity index (χ0) is 21.8. The maximum atomic E-state index is 13.4. The summed E-state index contributed by atoms with van der Waals surface area (Å²) in [6.45, 7) is 7.44. The highest BCUT2D eigenvalue weighted by Crippen LogP contribution is 2.33. The number of hydrogen-bond acceptors (Lipinski definition) is 7. The Kier molecular flexibility index (Phi) is 5.90. The fourth-order valence-electron chi connectivity index (χ4n) is 3.71. The van der Waals surface area contributed by atoms with Crippen molar-refractivity contribution in [3.8, 4) is 17.1 Å². The highest BCUT2D eigenvalue weighted by molar-refractivity contribution is 5.84. The van der Waals surface area contributed by atoms with Gasteiger partial charge in [-0.3, -0.25) is 9.69 Å². The summed E-state index contributed by atoms with van der Waals surface area (Å²) in [5.41, 5.74) is 3.21. The van der Waals surface area contributed by atoms with E-state index in [1.807, 2.05) is 45.0 Å². The minimum atomic E-state index is -0.573. The molecule has 8 heteroatoms. The van der Waals surface area contributed by atoms with Gasteiger partial charge in [-0.1, -0.05) is 24.3 Å². The molecule has 1 N–H and O–H groups in total. The van der Waals surface area contributed by atoms with Crippen molar-refractivity contribution >= 4 is 5.91 Å². The van der Waals surface area contributed by atoms with E-state index in [2.05, 4.69) is 36.2 Å². The zero-order valence-electron chi connectivity index (χ0n) is 17.9. The number of benzene rings is 1. The lowest BCUT2D eigenvalue weighted by Crippen LogP contribution is -2.47. The third kappa shape index (κ3) is 4.86. The average molecular weight is 419 g/mol. The van der Waals surface area contributed by atoms with Crippen LogP contribution in [0.3, 0.4) is 0 Å². The van der Waals surface area contributed by atoms with Crippen LogP contribution in [0.1, 0.15) is 37.9 Å². The summed E-state index contributed by atoms with van der Waals surface area (Å²) in [6, 6.07) is 9.39. The standard InChI is InChI=1S/C23H26N6O2/c1-23(2,3)28-21(30)20-18-12-25-15-27-22(18)31-11-10-29(20)13-16-6-4-5-7-17(16)19-8-9-24-14-26-19/h4-9,12,14-15,20H,10-11,13H2,1-3H3,(H,28,30). The summed E-state index contributed by atoms with van der Waals surface area (Å²) in [7, 11) is 0. The third-order valence-corrected chi connectivity index (χ3v) is 4.97. The normalized spacial score (nSPS) is 16.7. The van der Waals surface area contributed by atoms with Gasteiger partial charge in [-0.25, -0.2) is 19.9 Å². The number of hydrogen-bond donors (Lipinski definition) is 1. The molecule has 4 rings (SSSR count). The van der Waals surface area contributed by atoms with Crippen molar-refractivity contribution in [2.24, 2.45) is 0 Å². The number of carbonyl (C=O) groups is 1. The fraction of sp³-hybridized carbons (Fsp3) is 0.348. The number of carbonyl (C=O) groups excluding carboxylic acids is 1. The molecule has 1 unspecified atom stereocenters. The molecule has 0 saturated heterocycles. The predicted octanol–water partition coefficient (Wildman–Crippen LogP) is 2.78. The van der Waals surface area contributed by atoms with Gasteiger partial charge >= 0.3 is 0 Å². The quantitative estimate of drug-likeness (QED) is 0.696. The van der Waals surface area contributed by atoms with Crippen molar-refractivity contribution in [3.63, 3.8) is 0 Å². The molecule has 0 saturated carbocycles. The lowest BCUT2D eigenvalue weighted by atomic mass is 10.0. The Labute approximate surface area is 181 Å². The molecule has 0 bridgehead atoms. The van der Waals surface area contributed by atoms with Crippen LogP contribution in [0.15, 0.2) is 55.4 Å². The minimum Gasteiger partial charge on any atom is -0.476 e. The minimum absolute atomic E-state index is 0.103. The first-order valence-corrected chi connectivity index (χ1v) is 10.3. The van der Waals surface area contributed by atoms with Gasteiger partial charge < -0.3 is 10.1 Å². The highest BCUT2D eigenvalue weighted by atomic mass is 16.5. The van der Waals surface area contributed by atoms with E-state index < -0.39 is 6.04 Å². The van der Waals surface area contributed by atoms with Crippen molar-refractivity contribution in [1.29, 1.82) is 0 Å². The van der Waals surface area contributed by atoms with Crippen LogP contribution in [-0.2, 0) is 11.3 Å². The van der Waals surface area contributed by atoms with E-state index in [9.17, 15) is 4.79 Å². The van der Waals surface area contributed by atoms with Gasteiger partial charge in [0.15, 0.2) is 0 Å². The van der Waals surface area contributed by atoms with Gasteiger partial charge in [0.25, 0.3) is 0 Å². The first-order valence-electron chi connectivity index (χ1n) is 10.3. The van der Waals surface area contributed by atoms with Gasteiger partial charge in [-0.2, -0.15) is 0 Å². The van der Waals surface area contributed by atoms with Crippen molar-refractivity contribution < 1.29 is 9.53 Å². The summed E-state index contributed by atoms with van der Waals surface area (Å²) in [4.78, 5) is 32.4. The van der Waals surface area contributed by atoms with Crippen LogP contribution in [0, 0.1) is 0 Å². The maximum absolute atomic E-state index is 13.4. The Morgan fingerprint density at radius 1 is 1.16 bits per heavy atom. The number of nitrogens with zero attached hydrogens (tertiary/aromatic N) is 5. The van der Waals surface area contributed by atoms with Crippen LogP contribution in [0.25, 0.3) is 11.3 Å². The van der Waals surface area contributed by atoms with Crippen LogP contribution in [-0.4, -0.2) is 49.4 Å². The zero-order valence-corrected chi connectivity index (χ0v) is 17.9. The van der Waals surface area contributed by atoms with Crippen molar-refractivity contribution in [1.82, 2.24) is 30.2 Å². The molecule has 0 spiro atoms. The summed E-state index contributed by atoms with van der Waals surface area (Å²) in [6.07, 6.45) is 6.38. The molecule has 0 radical (unpaired) electrons. The first-order chi connectivity index (χ1) is 14.9. The molecule has 1 atom stereocenters. The molecule has 8 nitrogen and oxygen atoms in total. The van der Waals surface area contributed by atoms with E-state index in [-0.39, 0.29) is 11.4 Å². The van der Waals surface area contributed by atoms with Crippen molar-refractivity contribution in [2.75, 3.05) is 13.2 Å². The maximum Gasteiger partial charge on any atom is 0.242 e. The van der Waals surface area contributed by atoms with Crippen LogP contribution < -0.4 is 10.1 Å². The number of amides is 1. The number of nitrogens with one attached hydrogen (secondary N) is 1. The molecule has 1 aliphatic rings. The summed E-state index contributed by atoms with van der Waals surface area (Å²) in [5, 5.41) is 3.11. The molecule has 3 aromatic rings. The van der Waals surface area contributed by atoms with Crippen molar-refractivity contribution in [2.45, 2.75) is 38.9 Å². The monoisotopic (exact) mass is 418 g/mol. The summed E-state index contributed by atoms with van der Waals surface area (Å²) < 4.78 is 5.85. The van der Waals surface area contributed by atoms with E-state index >= 15 is 0 Å². The van der Waals surface area contributed by atoms with Gasteiger partial charge in [0, 0.05) is 36.6 Å². The second kappa shape index (κ2) is 8.77. The van der Waals surface area contributed by atoms with Crippen LogP contribution in [0.2, 0.25) is 0 Å². The Bertz CT molecular complexity index is 1050. The van der Waals surface area contributed by atoms with Gasteiger partial charge in [-0.15, -0.1) is 0 Å². The number of rotatable bonds is 4. The van der Waals surface area contributed by atoms with Crippen LogP contribution in [0.4, 0.5) is 0 Å². The van der Waals surface area contributed by atoms with Gasteiger partial charge in [0.1, 0.15) is 25.3 Å². The van der Waals surface area contributed by atoms with E-state index in [0.717, 1.165) is 16.8 Å². The lowest BCUT2D eigenvalue weighted by Gasteiger charge is -2.32. The second-order valence-corrected chi connectivity index (χ2v) is 8.50. The van der Waals surface area contributed by atoms with Gasteiger partial charge in [-0.05, 0) is 32.4 Å². The molecule has 1 aromatic carbocycles. The highest BCUT2D eigenvalue weighted by Gasteiger charge is 2.35. The number of ether oxygens (including phenoxy) is 1. The Hall–Kier alpha value is -3.39. The van der Waals surface area contributed by atoms with E-state index in [1.54, 1.807) is 18.7 Å². The molecular weight excluding hydrogens is 392 g/mol. The SMILES string of the molecule is CC(C)(C)NC(=O)C1c2cncnc2OCCN1Cc1ccccc1-c1ccncn1. The summed E-state index contributed by atoms with van der Waals surface area (Å²) in [5.74, 6) is 0.351. The van der Waals surface area contributed by atoms with Gasteiger partial charge in [0.05, 0.1) is 11.3 Å². The molecule has 0 fully saturated rings. The fourth-order valence-corrected chi connectivity index (χ4v) is 3.71. The first kappa shape index (κ1) is 20.9. The molecule has 3 heterocycles. The number of fused-ring (bicyclic) bond motifs is 1. The Morgan fingerprint density at radius 3 is 2.74 bits per heavy atom. The Morgan fingerprint density at radius 2 is 1.97 bits per heavy atom. The van der Waals surface area contributed by atoms with E-state index in [0.29, 0.717) is 31.1 Å². The van der Waals surface area contributed by atoms with E-state index in [4.69, 9.17) is 4.74 Å². The molecule has 0 aliphatic carbocycles. The van der Waals surface area contributed by atoms with E-state index in [1.165, 1.54) is 6.33 Å². The lowest BCUT2D eigenvalue weighted by molar-refractivity contribution is -0.128. The molecule has 160 valence electrons. The average Bonchev–Trinajstić information content (AvgIpc) is 2.92. The third-order valence-electron chi connectivity index (χ3n) is 4.97. The molecule has 31 heavy (non-hydrogen) atoms. The molecule has 1 aliphatic heterocycles. The Balaban J connectivity index is 1.72. The molecular formula is C23H26N6O2. The van der Waals surface area contributed by atoms with Gasteiger partial charge in [0.2, 0.25) is 11.8 Å². The second-order valence-electron chi connectivity index (χ2n) is 8.50. The molecule has 2 aromatic heterocycles. The largest absolute Gasteiger partial charge is 0.476 e. The number of aromatic nitrogens is 4. The summed E-state index contributed by atoms with van der Waals surface area (Å²) >= 11 is 0. The topological polar surface area (TPSA) is 93.1 Å². The van der Waals surface area contributed by atoms with Crippen molar-refractivity contribution in [3.05, 3.63) is 66.5 Å².